The van der Waals surface area contributed by atoms with Gasteiger partial charge in [-0.15, -0.1) is 0 Å². The van der Waals surface area contributed by atoms with Gasteiger partial charge in [-0.25, -0.2) is 19.9 Å². The number of carbonyl (C=O) groups is 1. The minimum atomic E-state index is -2.70. The Hall–Kier alpha value is -5.04. The summed E-state index contributed by atoms with van der Waals surface area (Å²) in [7, 11) is 1.49. The third-order valence-corrected chi connectivity index (χ3v) is 4.68. The molecular weight excluding hydrogens is 432 g/mol. The molecule has 0 saturated carbocycles. The number of rotatable bonds is 7. The number of anilines is 4. The average molecular weight is 455 g/mol. The number of para-hydroxylation sites is 1. The van der Waals surface area contributed by atoms with E-state index in [9.17, 15) is 4.79 Å². The van der Waals surface area contributed by atoms with E-state index >= 15 is 0 Å². The van der Waals surface area contributed by atoms with Crippen molar-refractivity contribution in [1.29, 1.82) is 5.26 Å². The molecule has 3 aromatic heterocycles. The zero-order valence-corrected chi connectivity index (χ0v) is 17.9. The highest BCUT2D eigenvalue weighted by Gasteiger charge is 2.17. The predicted molar refractivity (Wildman–Crippen MR) is 127 cm³/mol. The molecule has 10 heteroatoms. The van der Waals surface area contributed by atoms with Crippen LogP contribution in [0.2, 0.25) is 0 Å². The largest absolute Gasteiger partial charge is 0.494 e. The SMILES string of the molecule is [2H]C([2H])([2H])NC(=O)c1cnc(Nc2cccc(C#N)n2)cc1Nc1cccc(-c2ncccn2)c1OC. The minimum Gasteiger partial charge on any atom is -0.494 e. The lowest BCUT2D eigenvalue weighted by atomic mass is 10.1. The number of pyridine rings is 2. The number of hydrogen-bond donors (Lipinski definition) is 3. The molecule has 4 aromatic rings. The lowest BCUT2D eigenvalue weighted by molar-refractivity contribution is 0.0963. The smallest absolute Gasteiger partial charge is 0.254 e. The molecule has 10 nitrogen and oxygen atoms in total. The van der Waals surface area contributed by atoms with Gasteiger partial charge in [-0.05, 0) is 30.3 Å². The van der Waals surface area contributed by atoms with E-state index in [0.29, 0.717) is 28.6 Å². The van der Waals surface area contributed by atoms with E-state index < -0.39 is 12.9 Å². The Balaban J connectivity index is 1.76. The van der Waals surface area contributed by atoms with Gasteiger partial charge in [0.25, 0.3) is 5.91 Å². The van der Waals surface area contributed by atoms with Crippen molar-refractivity contribution >= 4 is 28.9 Å². The van der Waals surface area contributed by atoms with Crippen LogP contribution in [0.1, 0.15) is 20.2 Å². The predicted octanol–water partition coefficient (Wildman–Crippen LogP) is 3.66. The van der Waals surface area contributed by atoms with Crippen LogP contribution >= 0.6 is 0 Å². The van der Waals surface area contributed by atoms with Crippen LogP contribution in [-0.4, -0.2) is 39.9 Å². The zero-order chi connectivity index (χ0) is 26.4. The fourth-order valence-corrected chi connectivity index (χ4v) is 3.19. The zero-order valence-electron chi connectivity index (χ0n) is 20.9. The molecule has 3 heterocycles. The van der Waals surface area contributed by atoms with Crippen molar-refractivity contribution in [2.75, 3.05) is 24.7 Å². The van der Waals surface area contributed by atoms with E-state index in [1.807, 2.05) is 11.4 Å². The Kier molecular flexibility index (Phi) is 5.48. The maximum absolute atomic E-state index is 12.8. The van der Waals surface area contributed by atoms with Crippen LogP contribution in [-0.2, 0) is 0 Å². The molecule has 1 aromatic carbocycles. The fraction of sp³-hybridized carbons (Fsp3) is 0.0833. The maximum Gasteiger partial charge on any atom is 0.254 e. The van der Waals surface area contributed by atoms with Gasteiger partial charge >= 0.3 is 0 Å². The van der Waals surface area contributed by atoms with Crippen LogP contribution in [0.4, 0.5) is 23.0 Å². The standard InChI is InChI=1S/C24H20N8O2/c1-26-24(33)17-14-29-21(32-20-9-3-6-15(13-25)30-20)12-19(17)31-18-8-4-7-16(22(18)34-2)23-27-10-5-11-28-23/h3-12,14H,1-2H3,(H,26,33)(H2,29,30,31,32)/i1D3. The summed E-state index contributed by atoms with van der Waals surface area (Å²) in [6.07, 6.45) is 4.45. The molecular formula is C24H20N8O2. The van der Waals surface area contributed by atoms with Gasteiger partial charge in [-0.1, -0.05) is 12.1 Å². The molecule has 0 radical (unpaired) electrons. The monoisotopic (exact) mass is 455 g/mol. The number of carbonyl (C=O) groups excluding carboxylic acids is 1. The van der Waals surface area contributed by atoms with Gasteiger partial charge in [0, 0.05) is 35.7 Å². The second-order valence-corrected chi connectivity index (χ2v) is 6.80. The summed E-state index contributed by atoms with van der Waals surface area (Å²) in [6.45, 7) is -2.70. The van der Waals surface area contributed by atoms with Gasteiger partial charge in [0.1, 0.15) is 23.4 Å². The van der Waals surface area contributed by atoms with Crippen molar-refractivity contribution < 1.29 is 13.6 Å². The third kappa shape index (κ3) is 4.73. The molecule has 0 aliphatic carbocycles. The number of nitrogens with one attached hydrogen (secondary N) is 3. The number of nitrogens with zero attached hydrogens (tertiary/aromatic N) is 5. The van der Waals surface area contributed by atoms with E-state index in [1.54, 1.807) is 54.9 Å². The van der Waals surface area contributed by atoms with E-state index in [0.717, 1.165) is 0 Å². The lowest BCUT2D eigenvalue weighted by Crippen LogP contribution is -2.19. The molecule has 4 rings (SSSR count). The summed E-state index contributed by atoms with van der Waals surface area (Å²) in [5, 5.41) is 17.2. The molecule has 0 spiro atoms. The van der Waals surface area contributed by atoms with Crippen LogP contribution in [0.25, 0.3) is 11.4 Å². The first-order valence-electron chi connectivity index (χ1n) is 11.5. The third-order valence-electron chi connectivity index (χ3n) is 4.68. The van der Waals surface area contributed by atoms with Crippen LogP contribution in [0.15, 0.2) is 67.1 Å². The molecule has 1 amide bonds. The second-order valence-electron chi connectivity index (χ2n) is 6.80. The molecule has 0 unspecified atom stereocenters. The Bertz CT molecular complexity index is 1470. The number of nitriles is 1. The Morgan fingerprint density at radius 2 is 1.85 bits per heavy atom. The highest BCUT2D eigenvalue weighted by Crippen LogP contribution is 2.37. The van der Waals surface area contributed by atoms with Gasteiger partial charge in [-0.2, -0.15) is 5.26 Å². The number of hydrogen-bond acceptors (Lipinski definition) is 9. The number of ether oxygens (including phenoxy) is 1. The molecule has 0 atom stereocenters. The van der Waals surface area contributed by atoms with Crippen LogP contribution < -0.4 is 20.7 Å². The first-order valence-corrected chi connectivity index (χ1v) is 9.95. The second kappa shape index (κ2) is 10.1. The average Bonchev–Trinajstić information content (AvgIpc) is 2.88. The molecule has 34 heavy (non-hydrogen) atoms. The van der Waals surface area contributed by atoms with Gasteiger partial charge in [0.15, 0.2) is 11.6 Å². The number of amides is 1. The lowest BCUT2D eigenvalue weighted by Gasteiger charge is -2.17. The molecule has 0 bridgehead atoms. The number of methoxy groups -OCH3 is 1. The Morgan fingerprint density at radius 1 is 1.03 bits per heavy atom. The number of aromatic nitrogens is 4. The Labute approximate surface area is 199 Å². The van der Waals surface area contributed by atoms with E-state index in [1.165, 1.54) is 19.4 Å². The minimum absolute atomic E-state index is 0.0242. The van der Waals surface area contributed by atoms with Gasteiger partial charge in [-0.3, -0.25) is 4.79 Å². The van der Waals surface area contributed by atoms with Crippen molar-refractivity contribution in [3.63, 3.8) is 0 Å². The van der Waals surface area contributed by atoms with Crippen LogP contribution in [0.5, 0.6) is 5.75 Å². The highest BCUT2D eigenvalue weighted by atomic mass is 16.5. The molecule has 0 saturated heterocycles. The van der Waals surface area contributed by atoms with E-state index in [4.69, 9.17) is 14.1 Å². The van der Waals surface area contributed by atoms with Crippen molar-refractivity contribution in [2.45, 2.75) is 0 Å². The van der Waals surface area contributed by atoms with E-state index in [2.05, 4.69) is 30.6 Å². The van der Waals surface area contributed by atoms with Crippen molar-refractivity contribution in [1.82, 2.24) is 25.3 Å². The van der Waals surface area contributed by atoms with Gasteiger partial charge in [0.2, 0.25) is 0 Å². The van der Waals surface area contributed by atoms with E-state index in [-0.39, 0.29) is 22.8 Å². The molecule has 168 valence electrons. The quantitative estimate of drug-likeness (QED) is 0.381. The first-order chi connectivity index (χ1) is 17.8. The van der Waals surface area contributed by atoms with Crippen molar-refractivity contribution in [3.05, 3.63) is 78.4 Å². The van der Waals surface area contributed by atoms with Crippen molar-refractivity contribution in [3.8, 4) is 23.2 Å². The summed E-state index contributed by atoms with van der Waals surface area (Å²) in [5.41, 5.74) is 1.49. The normalized spacial score (nSPS) is 11.8. The summed E-state index contributed by atoms with van der Waals surface area (Å²) < 4.78 is 27.8. The first kappa shape index (κ1) is 18.5. The summed E-state index contributed by atoms with van der Waals surface area (Å²) in [4.78, 5) is 29.7. The summed E-state index contributed by atoms with van der Waals surface area (Å²) in [5.74, 6) is 0.636. The van der Waals surface area contributed by atoms with Crippen molar-refractivity contribution in [2.24, 2.45) is 0 Å². The van der Waals surface area contributed by atoms with Gasteiger partial charge in [0.05, 0.1) is 29.6 Å². The summed E-state index contributed by atoms with van der Waals surface area (Å²) in [6, 6.07) is 15.3. The van der Waals surface area contributed by atoms with Crippen LogP contribution in [0, 0.1) is 11.3 Å². The molecule has 0 fully saturated rings. The molecule has 0 aliphatic rings. The highest BCUT2D eigenvalue weighted by molar-refractivity contribution is 6.00. The molecule has 0 aliphatic heterocycles. The maximum atomic E-state index is 12.8. The number of benzene rings is 1. The Morgan fingerprint density at radius 3 is 2.62 bits per heavy atom. The van der Waals surface area contributed by atoms with Crippen LogP contribution in [0.3, 0.4) is 0 Å². The summed E-state index contributed by atoms with van der Waals surface area (Å²) >= 11 is 0. The topological polar surface area (TPSA) is 138 Å². The molecule has 3 N–H and O–H groups in total. The van der Waals surface area contributed by atoms with Gasteiger partial charge < -0.3 is 20.7 Å². The fourth-order valence-electron chi connectivity index (χ4n) is 3.19.